The number of aromatic hydroxyl groups is 1. The van der Waals surface area contributed by atoms with Crippen LogP contribution in [-0.4, -0.2) is 39.6 Å². The summed E-state index contributed by atoms with van der Waals surface area (Å²) in [5, 5.41) is 18.3. The molecule has 1 fully saturated rings. The highest BCUT2D eigenvalue weighted by Crippen LogP contribution is 2.26. The van der Waals surface area contributed by atoms with E-state index >= 15 is 0 Å². The second kappa shape index (κ2) is 4.68. The van der Waals surface area contributed by atoms with Crippen LogP contribution in [-0.2, 0) is 4.79 Å². The predicted octanol–water partition coefficient (Wildman–Crippen LogP) is 1.33. The average Bonchev–Trinajstić information content (AvgIpc) is 2.71. The van der Waals surface area contributed by atoms with Gasteiger partial charge in [-0.25, -0.2) is 4.79 Å². The molecule has 2 rings (SSSR count). The molecule has 0 aliphatic carbocycles. The Morgan fingerprint density at radius 2 is 1.89 bits per heavy atom. The summed E-state index contributed by atoms with van der Waals surface area (Å²) in [6, 6.07) is 5.08. The van der Waals surface area contributed by atoms with Gasteiger partial charge in [-0.3, -0.25) is 4.79 Å². The van der Waals surface area contributed by atoms with Crippen LogP contribution in [0.4, 0.5) is 0 Å². The molecule has 0 saturated carbocycles. The number of amides is 1. The van der Waals surface area contributed by atoms with Crippen LogP contribution in [0.25, 0.3) is 0 Å². The zero-order valence-electron chi connectivity index (χ0n) is 10.0. The Labute approximate surface area is 105 Å². The highest BCUT2D eigenvalue weighted by Gasteiger charge is 2.39. The molecule has 1 aromatic carbocycles. The minimum Gasteiger partial charge on any atom is -0.508 e. The van der Waals surface area contributed by atoms with Crippen molar-refractivity contribution >= 4 is 11.9 Å². The van der Waals surface area contributed by atoms with Crippen LogP contribution in [0, 0.1) is 5.92 Å². The number of phenolic OH excluding ortho intramolecular Hbond substituents is 1. The van der Waals surface area contributed by atoms with Gasteiger partial charge in [0.05, 0.1) is 0 Å². The van der Waals surface area contributed by atoms with Crippen molar-refractivity contribution in [3.8, 4) is 5.75 Å². The minimum absolute atomic E-state index is 0.0384. The van der Waals surface area contributed by atoms with Crippen LogP contribution >= 0.6 is 0 Å². The lowest BCUT2D eigenvalue weighted by atomic mass is 10.0. The molecule has 96 valence electrons. The number of nitrogens with zero attached hydrogens (tertiary/aromatic N) is 1. The van der Waals surface area contributed by atoms with Crippen molar-refractivity contribution in [2.45, 2.75) is 19.4 Å². The summed E-state index contributed by atoms with van der Waals surface area (Å²) in [4.78, 5) is 24.8. The van der Waals surface area contributed by atoms with Gasteiger partial charge in [-0.15, -0.1) is 0 Å². The van der Waals surface area contributed by atoms with Gasteiger partial charge in [0.15, 0.2) is 0 Å². The van der Waals surface area contributed by atoms with Gasteiger partial charge in [0.1, 0.15) is 11.8 Å². The third kappa shape index (κ3) is 2.16. The number of likely N-dealkylation sites (tertiary alicyclic amines) is 1. The van der Waals surface area contributed by atoms with Gasteiger partial charge >= 0.3 is 5.97 Å². The smallest absolute Gasteiger partial charge is 0.326 e. The summed E-state index contributed by atoms with van der Waals surface area (Å²) in [6.07, 6.45) is 0.695. The number of carboxylic acid groups (broad SMARTS) is 1. The molecule has 1 aliphatic rings. The molecule has 0 spiro atoms. The Bertz CT molecular complexity index is 468. The molecule has 1 aromatic rings. The van der Waals surface area contributed by atoms with E-state index in [2.05, 4.69) is 0 Å². The third-order valence-electron chi connectivity index (χ3n) is 3.33. The first kappa shape index (κ1) is 12.4. The molecule has 1 amide bonds. The Kier molecular flexibility index (Phi) is 3.23. The molecule has 0 aromatic heterocycles. The molecular formula is C13H15NO4. The highest BCUT2D eigenvalue weighted by atomic mass is 16.4. The maximum absolute atomic E-state index is 12.2. The molecule has 1 aliphatic heterocycles. The molecule has 2 N–H and O–H groups in total. The van der Waals surface area contributed by atoms with E-state index in [1.807, 2.05) is 6.92 Å². The number of phenols is 1. The molecule has 5 heteroatoms. The summed E-state index contributed by atoms with van der Waals surface area (Å²) >= 11 is 0. The second-order valence-electron chi connectivity index (χ2n) is 4.59. The van der Waals surface area contributed by atoms with Crippen LogP contribution in [0.1, 0.15) is 23.7 Å². The first-order valence-electron chi connectivity index (χ1n) is 5.83. The van der Waals surface area contributed by atoms with E-state index in [1.165, 1.54) is 29.2 Å². The van der Waals surface area contributed by atoms with Crippen LogP contribution in [0.2, 0.25) is 0 Å². The molecule has 2 unspecified atom stereocenters. The monoisotopic (exact) mass is 249 g/mol. The van der Waals surface area contributed by atoms with Crippen molar-refractivity contribution in [3.63, 3.8) is 0 Å². The van der Waals surface area contributed by atoms with Gasteiger partial charge < -0.3 is 15.1 Å². The van der Waals surface area contributed by atoms with Gasteiger partial charge in [-0.2, -0.15) is 0 Å². The highest BCUT2D eigenvalue weighted by molar-refractivity contribution is 5.97. The average molecular weight is 249 g/mol. The van der Waals surface area contributed by atoms with Crippen LogP contribution in [0.15, 0.2) is 24.3 Å². The summed E-state index contributed by atoms with van der Waals surface area (Å²) in [7, 11) is 0. The SMILES string of the molecule is CC1CCN(C(=O)c2ccc(O)cc2)C1C(=O)O. The Morgan fingerprint density at radius 1 is 1.28 bits per heavy atom. The molecule has 5 nitrogen and oxygen atoms in total. The molecule has 0 bridgehead atoms. The van der Waals surface area contributed by atoms with E-state index < -0.39 is 12.0 Å². The van der Waals surface area contributed by atoms with Crippen LogP contribution in [0.3, 0.4) is 0 Å². The first-order valence-corrected chi connectivity index (χ1v) is 5.83. The van der Waals surface area contributed by atoms with E-state index in [9.17, 15) is 9.59 Å². The van der Waals surface area contributed by atoms with Gasteiger partial charge in [0.2, 0.25) is 0 Å². The lowest BCUT2D eigenvalue weighted by molar-refractivity contribution is -0.142. The summed E-state index contributed by atoms with van der Waals surface area (Å²) < 4.78 is 0. The second-order valence-corrected chi connectivity index (χ2v) is 4.59. The van der Waals surface area contributed by atoms with Crippen molar-refractivity contribution in [1.29, 1.82) is 0 Å². The topological polar surface area (TPSA) is 77.8 Å². The maximum Gasteiger partial charge on any atom is 0.326 e. The van der Waals surface area contributed by atoms with E-state index in [0.29, 0.717) is 18.5 Å². The zero-order chi connectivity index (χ0) is 13.3. The molecule has 1 heterocycles. The molecule has 2 atom stereocenters. The number of hydrogen-bond acceptors (Lipinski definition) is 3. The summed E-state index contributed by atoms with van der Waals surface area (Å²) in [5.41, 5.74) is 0.396. The van der Waals surface area contributed by atoms with Crippen molar-refractivity contribution in [1.82, 2.24) is 4.90 Å². The standard InChI is InChI=1S/C13H15NO4/c1-8-6-7-14(11(8)13(17)18)12(16)9-2-4-10(15)5-3-9/h2-5,8,11,15H,6-7H2,1H3,(H,17,18). The predicted molar refractivity (Wildman–Crippen MR) is 64.3 cm³/mol. The normalized spacial score (nSPS) is 23.1. The number of carboxylic acids is 1. The molecule has 0 radical (unpaired) electrons. The Balaban J connectivity index is 2.23. The lowest BCUT2D eigenvalue weighted by Crippen LogP contribution is -2.42. The number of hydrogen-bond donors (Lipinski definition) is 2. The number of benzene rings is 1. The van der Waals surface area contributed by atoms with Crippen molar-refractivity contribution < 1.29 is 19.8 Å². The van der Waals surface area contributed by atoms with Crippen molar-refractivity contribution in [2.24, 2.45) is 5.92 Å². The van der Waals surface area contributed by atoms with E-state index in [-0.39, 0.29) is 17.6 Å². The zero-order valence-corrected chi connectivity index (χ0v) is 10.0. The van der Waals surface area contributed by atoms with Gasteiger partial charge in [-0.1, -0.05) is 6.92 Å². The molecule has 18 heavy (non-hydrogen) atoms. The minimum atomic E-state index is -0.966. The fraction of sp³-hybridized carbons (Fsp3) is 0.385. The number of carbonyl (C=O) groups is 2. The first-order chi connectivity index (χ1) is 8.50. The van der Waals surface area contributed by atoms with Crippen molar-refractivity contribution in [2.75, 3.05) is 6.54 Å². The maximum atomic E-state index is 12.2. The Morgan fingerprint density at radius 3 is 2.44 bits per heavy atom. The van der Waals surface area contributed by atoms with Crippen molar-refractivity contribution in [3.05, 3.63) is 29.8 Å². The molecule has 1 saturated heterocycles. The van der Waals surface area contributed by atoms with Crippen LogP contribution < -0.4 is 0 Å². The van der Waals surface area contributed by atoms with Gasteiger partial charge in [0, 0.05) is 12.1 Å². The van der Waals surface area contributed by atoms with E-state index in [1.54, 1.807) is 0 Å². The van der Waals surface area contributed by atoms with E-state index in [4.69, 9.17) is 10.2 Å². The van der Waals surface area contributed by atoms with Crippen LogP contribution in [0.5, 0.6) is 5.75 Å². The Hall–Kier alpha value is -2.04. The summed E-state index contributed by atoms with van der Waals surface area (Å²) in [5.74, 6) is -1.22. The quantitative estimate of drug-likeness (QED) is 0.828. The van der Waals surface area contributed by atoms with Gasteiger partial charge in [-0.05, 0) is 36.6 Å². The third-order valence-corrected chi connectivity index (χ3v) is 3.33. The van der Waals surface area contributed by atoms with Gasteiger partial charge in [0.25, 0.3) is 5.91 Å². The number of rotatable bonds is 2. The fourth-order valence-electron chi connectivity index (χ4n) is 2.32. The lowest BCUT2D eigenvalue weighted by Gasteiger charge is -2.23. The fourth-order valence-corrected chi connectivity index (χ4v) is 2.32. The summed E-state index contributed by atoms with van der Waals surface area (Å²) in [6.45, 7) is 2.29. The van der Waals surface area contributed by atoms with E-state index in [0.717, 1.165) is 0 Å². The molecular weight excluding hydrogens is 234 g/mol. The number of carbonyl (C=O) groups excluding carboxylic acids is 1. The largest absolute Gasteiger partial charge is 0.508 e. The number of aliphatic carboxylic acids is 1.